The predicted octanol–water partition coefficient (Wildman–Crippen LogP) is 14.8. The quantitative estimate of drug-likeness (QED) is 0.108. The Morgan fingerprint density at radius 3 is 0.877 bits per heavy atom. The minimum atomic E-state index is -3.94. The molecule has 0 amide bonds. The highest BCUT2D eigenvalue weighted by Crippen LogP contribution is 2.54. The zero-order valence-electron chi connectivity index (χ0n) is 35.5. The van der Waals surface area contributed by atoms with Gasteiger partial charge in [0.05, 0.1) is 11.4 Å². The van der Waals surface area contributed by atoms with Crippen LogP contribution < -0.4 is 25.3 Å². The Morgan fingerprint density at radius 1 is 0.277 bits per heavy atom. The molecule has 0 spiro atoms. The van der Waals surface area contributed by atoms with E-state index in [0.717, 1.165) is 56.6 Å². The van der Waals surface area contributed by atoms with Crippen molar-refractivity contribution in [2.45, 2.75) is 0 Å². The third-order valence-corrected chi connectivity index (χ3v) is 14.0. The fourth-order valence-electron chi connectivity index (χ4n) is 8.25. The Kier molecular flexibility index (Phi) is 11.6. The van der Waals surface area contributed by atoms with Crippen molar-refractivity contribution in [1.82, 2.24) is 9.97 Å². The number of pyridine rings is 2. The molecule has 0 N–H and O–H groups in total. The second-order valence-corrected chi connectivity index (χ2v) is 17.9. The van der Waals surface area contributed by atoms with E-state index in [-0.39, 0.29) is 0 Å². The van der Waals surface area contributed by atoms with Crippen molar-refractivity contribution in [3.63, 3.8) is 0 Å². The van der Waals surface area contributed by atoms with E-state index in [9.17, 15) is 0 Å². The highest BCUT2D eigenvalue weighted by molar-refractivity contribution is 7.80. The minimum absolute atomic E-state index is 0.411. The monoisotopic (exact) mass is 857 g/mol. The zero-order chi connectivity index (χ0) is 43.8. The molecule has 0 bridgehead atoms. The molecule has 0 atom stereocenters. The number of benzene rings is 8. The Bertz CT molecular complexity index is 2900. The van der Waals surface area contributed by atoms with Crippen molar-refractivity contribution in [1.29, 1.82) is 0 Å². The van der Waals surface area contributed by atoms with Crippen molar-refractivity contribution in [2.75, 3.05) is 14.5 Å². The van der Waals surface area contributed by atoms with Gasteiger partial charge >= 0.3 is 0 Å². The van der Waals surface area contributed by atoms with E-state index in [4.69, 9.17) is 9.97 Å². The second kappa shape index (κ2) is 18.6. The van der Waals surface area contributed by atoms with Gasteiger partial charge in [0.1, 0.15) is 10.9 Å². The third-order valence-electron chi connectivity index (χ3n) is 11.2. The normalized spacial score (nSPS) is 11.1. The molecular weight excluding hydrogens is 814 g/mol. The van der Waals surface area contributed by atoms with Gasteiger partial charge in [0.25, 0.3) is 7.29 Å². The first kappa shape index (κ1) is 40.7. The summed E-state index contributed by atoms with van der Waals surface area (Å²) in [6.07, 6.45) is 0. The molecule has 0 aliphatic heterocycles. The molecule has 0 saturated heterocycles. The maximum atomic E-state index is 17.0. The number of hydrogen-bond acceptors (Lipinski definition) is 5. The van der Waals surface area contributed by atoms with E-state index in [1.165, 1.54) is 0 Å². The second-order valence-electron chi connectivity index (χ2n) is 15.4. The lowest BCUT2D eigenvalue weighted by Crippen LogP contribution is -2.32. The van der Waals surface area contributed by atoms with Gasteiger partial charge < -0.3 is 9.80 Å². The summed E-state index contributed by atoms with van der Waals surface area (Å²) < 4.78 is 18.9. The van der Waals surface area contributed by atoms with Crippen LogP contribution in [0, 0.1) is 0 Å². The summed E-state index contributed by atoms with van der Waals surface area (Å²) in [5.74, 6) is 0. The first-order valence-corrected chi connectivity index (χ1v) is 23.3. The molecule has 10 aromatic rings. The predicted molar refractivity (Wildman–Crippen MR) is 271 cm³/mol. The Morgan fingerprint density at radius 2 is 0.554 bits per heavy atom. The lowest BCUT2D eigenvalue weighted by molar-refractivity contribution is 0.586. The third kappa shape index (κ3) is 8.47. The van der Waals surface area contributed by atoms with E-state index < -0.39 is 7.29 Å². The molecule has 65 heavy (non-hydrogen) atoms. The van der Waals surface area contributed by atoms with Crippen molar-refractivity contribution >= 4 is 63.7 Å². The van der Waals surface area contributed by atoms with Gasteiger partial charge in [-0.1, -0.05) is 146 Å². The van der Waals surface area contributed by atoms with Crippen LogP contribution in [0.25, 0.3) is 22.5 Å². The summed E-state index contributed by atoms with van der Waals surface area (Å²) in [7, 11) is -3.94. The van der Waals surface area contributed by atoms with Crippen LogP contribution in [0.2, 0.25) is 0 Å². The largest absolute Gasteiger partial charge is 0.310 e. The molecule has 0 fully saturated rings. The minimum Gasteiger partial charge on any atom is -0.310 e. The van der Waals surface area contributed by atoms with Crippen LogP contribution in [0.4, 0.5) is 45.5 Å². The summed E-state index contributed by atoms with van der Waals surface area (Å²) in [4.78, 5) is 15.2. The maximum absolute atomic E-state index is 17.0. The van der Waals surface area contributed by atoms with Crippen molar-refractivity contribution in [3.05, 3.63) is 267 Å². The van der Waals surface area contributed by atoms with E-state index in [1.54, 1.807) is 0 Å². The lowest BCUT2D eigenvalue weighted by Gasteiger charge is -2.33. The zero-order valence-corrected chi connectivity index (χ0v) is 36.4. The van der Waals surface area contributed by atoms with Crippen LogP contribution in [-0.2, 0) is 4.57 Å². The molecule has 312 valence electrons. The van der Waals surface area contributed by atoms with Crippen molar-refractivity contribution in [2.24, 2.45) is 0 Å². The van der Waals surface area contributed by atoms with Crippen LogP contribution in [0.15, 0.2) is 267 Å². The molecule has 0 saturated carbocycles. The van der Waals surface area contributed by atoms with Crippen LogP contribution in [-0.4, -0.2) is 9.97 Å². The molecule has 2 heterocycles. The fraction of sp³-hybridized carbons (Fsp3) is 0. The Hall–Kier alpha value is -8.31. The average Bonchev–Trinajstić information content (AvgIpc) is 3.39. The molecule has 2 aromatic heterocycles. The van der Waals surface area contributed by atoms with Crippen LogP contribution in [0.1, 0.15) is 0 Å². The molecule has 8 aromatic carbocycles. The molecule has 0 unspecified atom stereocenters. The van der Waals surface area contributed by atoms with Gasteiger partial charge in [0.15, 0.2) is 0 Å². The average molecular weight is 858 g/mol. The topological polar surface area (TPSA) is 52.6 Å². The summed E-state index contributed by atoms with van der Waals surface area (Å²) in [6, 6.07) is 89.5. The number of anilines is 8. The fourth-order valence-corrected chi connectivity index (χ4v) is 10.9. The highest BCUT2D eigenvalue weighted by Gasteiger charge is 2.40. The number of hydrogen-bond donors (Lipinski definition) is 0. The summed E-state index contributed by atoms with van der Waals surface area (Å²) in [5, 5.41) is 0. The van der Waals surface area contributed by atoms with E-state index in [1.807, 2.05) is 187 Å². The van der Waals surface area contributed by atoms with Crippen molar-refractivity contribution in [3.8, 4) is 22.5 Å². The summed E-state index contributed by atoms with van der Waals surface area (Å²) in [6.45, 7) is 0. The molecule has 0 aliphatic carbocycles. The van der Waals surface area contributed by atoms with Crippen LogP contribution in [0.5, 0.6) is 0 Å². The maximum Gasteiger partial charge on any atom is 0.269 e. The van der Waals surface area contributed by atoms with Gasteiger partial charge in [-0.25, -0.2) is 9.97 Å². The molecule has 0 radical (unpaired) electrons. The molecule has 0 aliphatic rings. The van der Waals surface area contributed by atoms with Gasteiger partial charge in [0, 0.05) is 56.6 Å². The Balaban J connectivity index is 1.12. The van der Waals surface area contributed by atoms with Gasteiger partial charge in [-0.05, 0) is 121 Å². The first-order valence-electron chi connectivity index (χ1n) is 21.6. The van der Waals surface area contributed by atoms with Crippen LogP contribution >= 0.6 is 7.29 Å². The smallest absolute Gasteiger partial charge is 0.269 e. The van der Waals surface area contributed by atoms with E-state index >= 15 is 4.57 Å². The van der Waals surface area contributed by atoms with Crippen molar-refractivity contribution < 1.29 is 4.57 Å². The SMILES string of the molecule is O=P(c1cccc(-c2cccc(N(c3ccccc3)c3ccccc3)c2)n1)(c1cccc(-c2cccc(N(c3ccccc3)c3ccccc3)c2)n1)N(c1ccccc1)c1ccccc1. The van der Waals surface area contributed by atoms with Gasteiger partial charge in [-0.15, -0.1) is 0 Å². The number of aromatic nitrogens is 2. The van der Waals surface area contributed by atoms with Gasteiger partial charge in [-0.2, -0.15) is 0 Å². The Labute approximate surface area is 380 Å². The molecule has 6 nitrogen and oxygen atoms in total. The molecule has 10 rings (SSSR count). The van der Waals surface area contributed by atoms with Crippen LogP contribution in [0.3, 0.4) is 0 Å². The van der Waals surface area contributed by atoms with Gasteiger partial charge in [0.2, 0.25) is 0 Å². The number of nitrogens with zero attached hydrogens (tertiary/aromatic N) is 5. The summed E-state index contributed by atoms with van der Waals surface area (Å²) >= 11 is 0. The number of para-hydroxylation sites is 6. The molecular formula is C58H44N5OP. The summed E-state index contributed by atoms with van der Waals surface area (Å²) in [5.41, 5.74) is 11.6. The highest BCUT2D eigenvalue weighted by atomic mass is 31.2. The van der Waals surface area contributed by atoms with Gasteiger partial charge in [-0.3, -0.25) is 9.24 Å². The lowest BCUT2D eigenvalue weighted by atomic mass is 10.1. The number of rotatable bonds is 13. The first-order chi connectivity index (χ1) is 32.1. The van der Waals surface area contributed by atoms with E-state index in [0.29, 0.717) is 22.3 Å². The molecule has 7 heteroatoms. The standard InChI is InChI=1S/C58H44N5OP/c64-65(63(51-33-15-5-16-34-51)52-35-17-6-18-36-52,57-41-21-39-55(59-57)45-23-19-37-53(43-45)61(47-25-7-1-8-26-47)48-27-9-2-10-28-48)58-42-22-40-56(60-58)46-24-20-38-54(44-46)62(49-29-11-3-12-30-49)50-31-13-4-14-32-50/h1-44H. The van der Waals surface area contributed by atoms with E-state index in [2.05, 4.69) is 94.7 Å².